The Morgan fingerprint density at radius 3 is 2.38 bits per heavy atom. The second-order valence-electron chi connectivity index (χ2n) is 10.1. The van der Waals surface area contributed by atoms with E-state index >= 15 is 0 Å². The Hall–Kier alpha value is -1.69. The Morgan fingerprint density at radius 2 is 1.78 bits per heavy atom. The minimum atomic E-state index is -0.430. The van der Waals surface area contributed by atoms with Gasteiger partial charge >= 0.3 is 11.9 Å². The van der Waals surface area contributed by atoms with Crippen molar-refractivity contribution in [3.63, 3.8) is 0 Å². The number of nitrogens with one attached hydrogen (secondary N) is 1. The number of rotatable bonds is 13. The van der Waals surface area contributed by atoms with Crippen molar-refractivity contribution in [3.05, 3.63) is 12.2 Å². The molecule has 6 nitrogen and oxygen atoms in total. The highest BCUT2D eigenvalue weighted by molar-refractivity contribution is 5.98. The molecule has 1 N–H and O–H groups in total. The molecular weight excluding hydrogens is 404 g/mol. The zero-order valence-electron chi connectivity index (χ0n) is 21.5. The van der Waals surface area contributed by atoms with E-state index in [1.165, 1.54) is 0 Å². The summed E-state index contributed by atoms with van der Waals surface area (Å²) in [4.78, 5) is 29.4. The van der Waals surface area contributed by atoms with Crippen LogP contribution in [-0.2, 0) is 19.1 Å². The normalized spacial score (nSPS) is 24.3. The van der Waals surface area contributed by atoms with Crippen LogP contribution in [0, 0.1) is 10.8 Å². The second-order valence-corrected chi connectivity index (χ2v) is 10.1. The standard InChI is InChI=1S/C26H46N2O4/c1-8-12-14-22(24(30)32-11-4)28-21-16-25(5,6)18-26(7,17-21)19-27-20(13-9-2)15-23(29)31-10-3/h12,14,21-22,28H,8-11,13,15-19H2,1-7H3. The quantitative estimate of drug-likeness (QED) is 0.235. The average Bonchev–Trinajstić information content (AvgIpc) is 2.68. The topological polar surface area (TPSA) is 77.0 Å². The van der Waals surface area contributed by atoms with E-state index in [9.17, 15) is 9.59 Å². The van der Waals surface area contributed by atoms with Crippen molar-refractivity contribution < 1.29 is 19.1 Å². The van der Waals surface area contributed by atoms with Gasteiger partial charge in [-0.2, -0.15) is 0 Å². The maximum absolute atomic E-state index is 12.5. The molecule has 1 aliphatic rings. The fourth-order valence-electron chi connectivity index (χ4n) is 5.03. The van der Waals surface area contributed by atoms with Gasteiger partial charge in [0.15, 0.2) is 0 Å². The van der Waals surface area contributed by atoms with Gasteiger partial charge in [-0.05, 0) is 56.8 Å². The van der Waals surface area contributed by atoms with Gasteiger partial charge in [-0.25, -0.2) is 0 Å². The minimum Gasteiger partial charge on any atom is -0.466 e. The van der Waals surface area contributed by atoms with Crippen molar-refractivity contribution in [2.24, 2.45) is 15.8 Å². The lowest BCUT2D eigenvalue weighted by Gasteiger charge is -2.47. The molecule has 1 aliphatic carbocycles. The van der Waals surface area contributed by atoms with Crippen LogP contribution in [0.5, 0.6) is 0 Å². The molecule has 0 aromatic rings. The highest BCUT2D eigenvalue weighted by Crippen LogP contribution is 2.46. The maximum atomic E-state index is 12.5. The van der Waals surface area contributed by atoms with Crippen molar-refractivity contribution in [1.29, 1.82) is 0 Å². The summed E-state index contributed by atoms with van der Waals surface area (Å²) in [5, 5.41) is 3.56. The third-order valence-electron chi connectivity index (χ3n) is 5.84. The SMILES string of the molecule is CCC=CC(NC1CC(C)(C)CC(C)(CN=C(CCC)CC(=O)OCC)C1)C(=O)OCC. The van der Waals surface area contributed by atoms with Crippen molar-refractivity contribution >= 4 is 17.7 Å². The summed E-state index contributed by atoms with van der Waals surface area (Å²) in [6, 6.07) is -0.240. The van der Waals surface area contributed by atoms with Gasteiger partial charge in [0, 0.05) is 18.3 Å². The van der Waals surface area contributed by atoms with E-state index < -0.39 is 6.04 Å². The number of hydrogen-bond acceptors (Lipinski definition) is 6. The predicted octanol–water partition coefficient (Wildman–Crippen LogP) is 5.25. The summed E-state index contributed by atoms with van der Waals surface area (Å²) in [5.74, 6) is -0.423. The number of aliphatic imine (C=N–C) groups is 1. The second kappa shape index (κ2) is 13.8. The van der Waals surface area contributed by atoms with Crippen LogP contribution in [0.3, 0.4) is 0 Å². The molecule has 3 atom stereocenters. The lowest BCUT2D eigenvalue weighted by molar-refractivity contribution is -0.145. The molecule has 1 rings (SSSR count). The van der Waals surface area contributed by atoms with Crippen LogP contribution >= 0.6 is 0 Å². The number of ether oxygens (including phenoxy) is 2. The molecule has 32 heavy (non-hydrogen) atoms. The van der Waals surface area contributed by atoms with E-state index in [0.29, 0.717) is 19.8 Å². The summed E-state index contributed by atoms with van der Waals surface area (Å²) in [7, 11) is 0. The molecule has 1 fully saturated rings. The van der Waals surface area contributed by atoms with Gasteiger partial charge in [-0.1, -0.05) is 53.2 Å². The van der Waals surface area contributed by atoms with E-state index in [0.717, 1.165) is 44.2 Å². The number of carbonyl (C=O) groups is 2. The zero-order valence-corrected chi connectivity index (χ0v) is 21.5. The first-order valence-electron chi connectivity index (χ1n) is 12.3. The molecule has 0 amide bonds. The molecule has 0 bridgehead atoms. The van der Waals surface area contributed by atoms with Gasteiger partial charge in [0.1, 0.15) is 6.04 Å². The number of esters is 2. The van der Waals surface area contributed by atoms with Crippen molar-refractivity contribution in [1.82, 2.24) is 5.32 Å². The van der Waals surface area contributed by atoms with Gasteiger partial charge < -0.3 is 9.47 Å². The molecule has 0 aromatic heterocycles. The summed E-state index contributed by atoms with van der Waals surface area (Å²) in [6.07, 6.45) is 9.82. The molecule has 6 heteroatoms. The molecule has 0 aromatic carbocycles. The average molecular weight is 451 g/mol. The number of carbonyl (C=O) groups excluding carboxylic acids is 2. The highest BCUT2D eigenvalue weighted by atomic mass is 16.5. The number of nitrogens with zero attached hydrogens (tertiary/aromatic N) is 1. The van der Waals surface area contributed by atoms with E-state index in [1.54, 1.807) is 0 Å². The Bertz CT molecular complexity index is 656. The summed E-state index contributed by atoms with van der Waals surface area (Å²) >= 11 is 0. The largest absolute Gasteiger partial charge is 0.466 e. The molecule has 0 aliphatic heterocycles. The van der Waals surface area contributed by atoms with Gasteiger partial charge in [-0.3, -0.25) is 19.9 Å². The summed E-state index contributed by atoms with van der Waals surface area (Å²) < 4.78 is 10.4. The first-order valence-corrected chi connectivity index (χ1v) is 12.3. The third-order valence-corrected chi connectivity index (χ3v) is 5.84. The Morgan fingerprint density at radius 1 is 1.09 bits per heavy atom. The Labute approximate surface area is 195 Å². The van der Waals surface area contributed by atoms with E-state index in [2.05, 4.69) is 39.9 Å². The lowest BCUT2D eigenvalue weighted by Crippen LogP contribution is -2.51. The van der Waals surface area contributed by atoms with Crippen LogP contribution < -0.4 is 5.32 Å². The maximum Gasteiger partial charge on any atom is 0.327 e. The Balaban J connectivity index is 2.98. The summed E-state index contributed by atoms with van der Waals surface area (Å²) in [6.45, 7) is 16.1. The van der Waals surface area contributed by atoms with Gasteiger partial charge in [0.2, 0.25) is 0 Å². The smallest absolute Gasteiger partial charge is 0.327 e. The van der Waals surface area contributed by atoms with Crippen molar-refractivity contribution in [2.75, 3.05) is 19.8 Å². The van der Waals surface area contributed by atoms with Gasteiger partial charge in [-0.15, -0.1) is 0 Å². The van der Waals surface area contributed by atoms with Crippen molar-refractivity contribution in [2.45, 2.75) is 105 Å². The van der Waals surface area contributed by atoms with Gasteiger partial charge in [0.25, 0.3) is 0 Å². The minimum absolute atomic E-state index is 0.0131. The molecule has 0 spiro atoms. The zero-order chi connectivity index (χ0) is 24.2. The lowest BCUT2D eigenvalue weighted by atomic mass is 9.62. The Kier molecular flexibility index (Phi) is 12.2. The summed E-state index contributed by atoms with van der Waals surface area (Å²) in [5.41, 5.74) is 1.04. The highest BCUT2D eigenvalue weighted by Gasteiger charge is 2.42. The van der Waals surface area contributed by atoms with Crippen LogP contribution in [0.4, 0.5) is 0 Å². The molecule has 0 radical (unpaired) electrons. The fraction of sp³-hybridized carbons (Fsp3) is 0.808. The molecule has 184 valence electrons. The van der Waals surface area contributed by atoms with Crippen LogP contribution in [0.2, 0.25) is 0 Å². The first kappa shape index (κ1) is 28.3. The number of allylic oxidation sites excluding steroid dienone is 1. The molecular formula is C26H46N2O4. The van der Waals surface area contributed by atoms with Gasteiger partial charge in [0.05, 0.1) is 19.6 Å². The molecule has 0 saturated heterocycles. The molecule has 1 saturated carbocycles. The van der Waals surface area contributed by atoms with Crippen LogP contribution in [-0.4, -0.2) is 49.5 Å². The van der Waals surface area contributed by atoms with E-state index in [-0.39, 0.29) is 35.2 Å². The van der Waals surface area contributed by atoms with Crippen LogP contribution in [0.1, 0.15) is 93.4 Å². The third kappa shape index (κ3) is 10.3. The number of hydrogen-bond donors (Lipinski definition) is 1. The van der Waals surface area contributed by atoms with E-state index in [1.807, 2.05) is 26.0 Å². The first-order chi connectivity index (χ1) is 15.1. The predicted molar refractivity (Wildman–Crippen MR) is 131 cm³/mol. The van der Waals surface area contributed by atoms with Crippen LogP contribution in [0.15, 0.2) is 17.1 Å². The van der Waals surface area contributed by atoms with E-state index in [4.69, 9.17) is 14.5 Å². The monoisotopic (exact) mass is 450 g/mol. The van der Waals surface area contributed by atoms with Crippen LogP contribution in [0.25, 0.3) is 0 Å². The molecule has 3 unspecified atom stereocenters. The fourth-order valence-corrected chi connectivity index (χ4v) is 5.03. The van der Waals surface area contributed by atoms with Crippen molar-refractivity contribution in [3.8, 4) is 0 Å². The molecule has 0 heterocycles.